The Hall–Kier alpha value is -1.11. The number of thioether (sulfide) groups is 1. The van der Waals surface area contributed by atoms with E-state index in [-0.39, 0.29) is 5.91 Å². The fourth-order valence-electron chi connectivity index (χ4n) is 3.61. The number of likely N-dealkylation sites (N-methyl/N-ethyl adjacent to an activating group) is 1. The van der Waals surface area contributed by atoms with Gasteiger partial charge in [0.2, 0.25) is 5.91 Å². The Morgan fingerprint density at radius 1 is 1.21 bits per heavy atom. The second-order valence-electron chi connectivity index (χ2n) is 6.79. The van der Waals surface area contributed by atoms with E-state index >= 15 is 0 Å². The highest BCUT2D eigenvalue weighted by molar-refractivity contribution is 7.99. The summed E-state index contributed by atoms with van der Waals surface area (Å²) < 4.78 is 0. The molecule has 0 aromatic carbocycles. The molecule has 2 fully saturated rings. The summed E-state index contributed by atoms with van der Waals surface area (Å²) in [5, 5.41) is 0. The van der Waals surface area contributed by atoms with Crippen LogP contribution in [0.25, 0.3) is 0 Å². The number of hydrogen-bond acceptors (Lipinski definition) is 5. The summed E-state index contributed by atoms with van der Waals surface area (Å²) in [6.07, 6.45) is 5.86. The zero-order valence-electron chi connectivity index (χ0n) is 14.6. The van der Waals surface area contributed by atoms with Crippen molar-refractivity contribution in [3.05, 3.63) is 30.1 Å². The molecule has 2 aliphatic heterocycles. The van der Waals surface area contributed by atoms with E-state index in [4.69, 9.17) is 0 Å². The van der Waals surface area contributed by atoms with Crippen molar-refractivity contribution >= 4 is 17.7 Å². The molecule has 0 unspecified atom stereocenters. The first-order valence-electron chi connectivity index (χ1n) is 8.89. The first-order valence-corrected chi connectivity index (χ1v) is 10.0. The van der Waals surface area contributed by atoms with Crippen LogP contribution < -0.4 is 0 Å². The highest BCUT2D eigenvalue weighted by Gasteiger charge is 2.27. The molecule has 0 bridgehead atoms. The van der Waals surface area contributed by atoms with E-state index in [1.54, 1.807) is 12.4 Å². The minimum absolute atomic E-state index is 0.263. The van der Waals surface area contributed by atoms with Gasteiger partial charge in [-0.1, -0.05) is 0 Å². The van der Waals surface area contributed by atoms with Gasteiger partial charge in [-0.3, -0.25) is 19.6 Å². The number of carbonyl (C=O) groups excluding carboxylic acids is 1. The number of nitrogens with zero attached hydrogens (tertiary/aromatic N) is 4. The number of hydrogen-bond donors (Lipinski definition) is 0. The molecule has 1 amide bonds. The Bertz CT molecular complexity index is 513. The summed E-state index contributed by atoms with van der Waals surface area (Å²) in [7, 11) is 2.01. The fourth-order valence-corrected chi connectivity index (χ4v) is 4.54. The van der Waals surface area contributed by atoms with Gasteiger partial charge < -0.3 is 4.90 Å². The highest BCUT2D eigenvalue weighted by Crippen LogP contribution is 2.20. The quantitative estimate of drug-likeness (QED) is 0.807. The lowest BCUT2D eigenvalue weighted by Crippen LogP contribution is -2.50. The van der Waals surface area contributed by atoms with Crippen molar-refractivity contribution in [1.82, 2.24) is 19.7 Å². The minimum Gasteiger partial charge on any atom is -0.341 e. The lowest BCUT2D eigenvalue weighted by molar-refractivity contribution is -0.133. The zero-order chi connectivity index (χ0) is 16.8. The molecule has 3 rings (SSSR count). The second kappa shape index (κ2) is 8.83. The molecule has 3 heterocycles. The smallest absolute Gasteiger partial charge is 0.236 e. The first-order chi connectivity index (χ1) is 11.7. The SMILES string of the molecule is CN(CC(=O)N1CCC(N2CCSCC2)CC1)Cc1ccncc1. The van der Waals surface area contributed by atoms with Gasteiger partial charge in [0, 0.05) is 62.7 Å². The van der Waals surface area contributed by atoms with Gasteiger partial charge in [0.1, 0.15) is 0 Å². The van der Waals surface area contributed by atoms with Crippen molar-refractivity contribution in [2.75, 3.05) is 51.3 Å². The Morgan fingerprint density at radius 3 is 2.54 bits per heavy atom. The fraction of sp³-hybridized carbons (Fsp3) is 0.667. The number of amides is 1. The highest BCUT2D eigenvalue weighted by atomic mass is 32.2. The molecule has 2 aliphatic rings. The third-order valence-electron chi connectivity index (χ3n) is 4.99. The van der Waals surface area contributed by atoms with Crippen molar-refractivity contribution in [2.24, 2.45) is 0 Å². The van der Waals surface area contributed by atoms with Gasteiger partial charge >= 0.3 is 0 Å². The number of aromatic nitrogens is 1. The zero-order valence-corrected chi connectivity index (χ0v) is 15.4. The summed E-state index contributed by atoms with van der Waals surface area (Å²) in [6, 6.07) is 4.69. The van der Waals surface area contributed by atoms with Crippen LogP contribution in [0.4, 0.5) is 0 Å². The maximum atomic E-state index is 12.5. The van der Waals surface area contributed by atoms with E-state index in [9.17, 15) is 4.79 Å². The third kappa shape index (κ3) is 4.94. The molecule has 0 radical (unpaired) electrons. The van der Waals surface area contributed by atoms with Gasteiger partial charge in [0.15, 0.2) is 0 Å². The Morgan fingerprint density at radius 2 is 1.88 bits per heavy atom. The van der Waals surface area contributed by atoms with Gasteiger partial charge in [-0.2, -0.15) is 11.8 Å². The molecular formula is C18H28N4OS. The minimum atomic E-state index is 0.263. The lowest BCUT2D eigenvalue weighted by Gasteiger charge is -2.40. The van der Waals surface area contributed by atoms with Crippen molar-refractivity contribution in [1.29, 1.82) is 0 Å². The van der Waals surface area contributed by atoms with Crippen molar-refractivity contribution in [2.45, 2.75) is 25.4 Å². The van der Waals surface area contributed by atoms with Crippen LogP contribution in [0.15, 0.2) is 24.5 Å². The summed E-state index contributed by atoms with van der Waals surface area (Å²) in [4.78, 5) is 23.3. The predicted octanol–water partition coefficient (Wildman–Crippen LogP) is 1.55. The van der Waals surface area contributed by atoms with Gasteiger partial charge in [-0.05, 0) is 37.6 Å². The van der Waals surface area contributed by atoms with Crippen molar-refractivity contribution in [3.8, 4) is 0 Å². The van der Waals surface area contributed by atoms with Crippen LogP contribution in [-0.4, -0.2) is 82.9 Å². The van der Waals surface area contributed by atoms with Crippen LogP contribution in [0.2, 0.25) is 0 Å². The second-order valence-corrected chi connectivity index (χ2v) is 8.01. The molecule has 132 valence electrons. The van der Waals surface area contributed by atoms with E-state index in [0.29, 0.717) is 12.6 Å². The molecule has 2 saturated heterocycles. The average molecular weight is 349 g/mol. The number of likely N-dealkylation sites (tertiary alicyclic amines) is 1. The van der Waals surface area contributed by atoms with Crippen molar-refractivity contribution in [3.63, 3.8) is 0 Å². The maximum Gasteiger partial charge on any atom is 0.236 e. The Kier molecular flexibility index (Phi) is 6.51. The van der Waals surface area contributed by atoms with Crippen LogP contribution in [0.3, 0.4) is 0 Å². The molecule has 1 aromatic heterocycles. The molecule has 0 saturated carbocycles. The van der Waals surface area contributed by atoms with Crippen molar-refractivity contribution < 1.29 is 4.79 Å². The van der Waals surface area contributed by atoms with E-state index in [0.717, 1.165) is 32.5 Å². The summed E-state index contributed by atoms with van der Waals surface area (Å²) in [5.74, 6) is 2.79. The average Bonchev–Trinajstić information content (AvgIpc) is 2.63. The van der Waals surface area contributed by atoms with Gasteiger partial charge in [0.05, 0.1) is 6.54 Å². The molecule has 0 spiro atoms. The van der Waals surface area contributed by atoms with Crippen LogP contribution in [0.1, 0.15) is 18.4 Å². The summed E-state index contributed by atoms with van der Waals surface area (Å²) >= 11 is 2.06. The molecule has 5 nitrogen and oxygen atoms in total. The maximum absolute atomic E-state index is 12.5. The van der Waals surface area contributed by atoms with Crippen LogP contribution in [0.5, 0.6) is 0 Å². The molecular weight excluding hydrogens is 320 g/mol. The molecule has 0 aliphatic carbocycles. The molecule has 0 N–H and O–H groups in total. The van der Waals surface area contributed by atoms with Gasteiger partial charge in [-0.15, -0.1) is 0 Å². The van der Waals surface area contributed by atoms with Crippen LogP contribution in [-0.2, 0) is 11.3 Å². The van der Waals surface area contributed by atoms with E-state index in [1.807, 2.05) is 19.2 Å². The van der Waals surface area contributed by atoms with Crippen LogP contribution >= 0.6 is 11.8 Å². The molecule has 6 heteroatoms. The molecule has 0 atom stereocenters. The largest absolute Gasteiger partial charge is 0.341 e. The predicted molar refractivity (Wildman–Crippen MR) is 99.1 cm³/mol. The lowest BCUT2D eigenvalue weighted by atomic mass is 10.0. The normalized spacial score (nSPS) is 20.5. The monoisotopic (exact) mass is 348 g/mol. The van der Waals surface area contributed by atoms with E-state index in [1.165, 1.54) is 30.2 Å². The van der Waals surface area contributed by atoms with E-state index < -0.39 is 0 Å². The Labute approximate surface area is 149 Å². The topological polar surface area (TPSA) is 39.7 Å². The third-order valence-corrected chi connectivity index (χ3v) is 5.93. The first kappa shape index (κ1) is 17.7. The van der Waals surface area contributed by atoms with Crippen LogP contribution in [0, 0.1) is 0 Å². The van der Waals surface area contributed by atoms with Gasteiger partial charge in [-0.25, -0.2) is 0 Å². The summed E-state index contributed by atoms with van der Waals surface area (Å²) in [5.41, 5.74) is 1.20. The number of carbonyl (C=O) groups is 1. The van der Waals surface area contributed by atoms with Gasteiger partial charge in [0.25, 0.3) is 0 Å². The molecule has 24 heavy (non-hydrogen) atoms. The number of piperidine rings is 1. The molecule has 1 aromatic rings. The van der Waals surface area contributed by atoms with E-state index in [2.05, 4.69) is 31.4 Å². The standard InChI is InChI=1S/C18H28N4OS/c1-20(14-16-2-6-19-7-3-16)15-18(23)22-8-4-17(5-9-22)21-10-12-24-13-11-21/h2-3,6-7,17H,4-5,8-15H2,1H3. The number of pyridine rings is 1. The summed E-state index contributed by atoms with van der Waals surface area (Å²) in [6.45, 7) is 5.55. The Balaban J connectivity index is 1.41. The number of rotatable bonds is 5.